The van der Waals surface area contributed by atoms with Crippen LogP contribution in [0.2, 0.25) is 0 Å². The van der Waals surface area contributed by atoms with Crippen LogP contribution < -0.4 is 10.6 Å². The second-order valence-electron chi connectivity index (χ2n) is 4.46. The van der Waals surface area contributed by atoms with Gasteiger partial charge in [-0.05, 0) is 30.7 Å². The number of amides is 1. The summed E-state index contributed by atoms with van der Waals surface area (Å²) in [4.78, 5) is 24.8. The zero-order chi connectivity index (χ0) is 13.3. The summed E-state index contributed by atoms with van der Waals surface area (Å²) in [5.41, 5.74) is 7.91. The van der Waals surface area contributed by atoms with Crippen molar-refractivity contribution in [2.45, 2.75) is 19.4 Å². The normalized spacial score (nSPS) is 19.2. The van der Waals surface area contributed by atoms with Crippen molar-refractivity contribution in [3.05, 3.63) is 29.3 Å². The molecule has 1 aliphatic rings. The highest BCUT2D eigenvalue weighted by atomic mass is 16.5. The Labute approximate surface area is 106 Å². The molecule has 2 N–H and O–H groups in total. The van der Waals surface area contributed by atoms with Gasteiger partial charge in [0, 0.05) is 24.7 Å². The lowest BCUT2D eigenvalue weighted by molar-refractivity contribution is -0.117. The number of rotatable bonds is 2. The molecule has 1 atom stereocenters. The zero-order valence-electron chi connectivity index (χ0n) is 10.5. The maximum atomic E-state index is 11.8. The largest absolute Gasteiger partial charge is 0.465 e. The van der Waals surface area contributed by atoms with E-state index in [4.69, 9.17) is 5.73 Å². The predicted molar refractivity (Wildman–Crippen MR) is 67.5 cm³/mol. The number of ether oxygens (including phenoxy) is 1. The van der Waals surface area contributed by atoms with Gasteiger partial charge in [-0.25, -0.2) is 4.79 Å². The lowest BCUT2D eigenvalue weighted by atomic mass is 10.1. The van der Waals surface area contributed by atoms with E-state index >= 15 is 0 Å². The van der Waals surface area contributed by atoms with Crippen LogP contribution in [0.4, 0.5) is 5.69 Å². The second kappa shape index (κ2) is 4.78. The molecule has 2 rings (SSSR count). The molecule has 0 aromatic heterocycles. The molecular formula is C13H16N2O3. The number of esters is 1. The van der Waals surface area contributed by atoms with Crippen molar-refractivity contribution >= 4 is 17.6 Å². The Kier molecular flexibility index (Phi) is 3.34. The Bertz CT molecular complexity index is 499. The van der Waals surface area contributed by atoms with Gasteiger partial charge in [-0.3, -0.25) is 4.79 Å². The van der Waals surface area contributed by atoms with E-state index in [1.54, 1.807) is 23.1 Å². The van der Waals surface area contributed by atoms with E-state index < -0.39 is 0 Å². The van der Waals surface area contributed by atoms with E-state index in [1.165, 1.54) is 7.11 Å². The second-order valence-corrected chi connectivity index (χ2v) is 4.46. The highest BCUT2D eigenvalue weighted by Gasteiger charge is 2.29. The molecule has 18 heavy (non-hydrogen) atoms. The van der Waals surface area contributed by atoms with Crippen molar-refractivity contribution in [3.63, 3.8) is 0 Å². The van der Waals surface area contributed by atoms with Gasteiger partial charge in [-0.2, -0.15) is 0 Å². The minimum atomic E-state index is -0.380. The first-order chi connectivity index (χ1) is 8.52. The molecule has 96 valence electrons. The molecule has 0 bridgehead atoms. The molecule has 0 aliphatic carbocycles. The van der Waals surface area contributed by atoms with E-state index in [0.717, 1.165) is 11.3 Å². The molecule has 1 aromatic rings. The number of anilines is 1. The lowest BCUT2D eigenvalue weighted by Crippen LogP contribution is -2.28. The van der Waals surface area contributed by atoms with Crippen molar-refractivity contribution in [2.24, 2.45) is 5.73 Å². The highest BCUT2D eigenvalue weighted by Crippen LogP contribution is 2.25. The summed E-state index contributed by atoms with van der Waals surface area (Å²) in [6, 6.07) is 5.03. The van der Waals surface area contributed by atoms with Crippen LogP contribution in [0, 0.1) is 6.92 Å². The van der Waals surface area contributed by atoms with Crippen LogP contribution >= 0.6 is 0 Å². The minimum absolute atomic E-state index is 0.0245. The van der Waals surface area contributed by atoms with Crippen molar-refractivity contribution < 1.29 is 14.3 Å². The molecule has 0 radical (unpaired) electrons. The van der Waals surface area contributed by atoms with Crippen LogP contribution in [0.25, 0.3) is 0 Å². The van der Waals surface area contributed by atoms with Gasteiger partial charge >= 0.3 is 5.97 Å². The van der Waals surface area contributed by atoms with E-state index in [1.807, 2.05) is 6.92 Å². The fraction of sp³-hybridized carbons (Fsp3) is 0.385. The van der Waals surface area contributed by atoms with Crippen LogP contribution in [0.15, 0.2) is 18.2 Å². The van der Waals surface area contributed by atoms with Gasteiger partial charge in [0.05, 0.1) is 12.7 Å². The number of nitrogens with two attached hydrogens (primary N) is 1. The standard InChI is InChI=1S/C13H16N2O3/c1-8-5-9(13(17)18-2)3-4-11(8)15-7-10(14)6-12(15)16/h3-5,10H,6-7,14H2,1-2H3. The molecule has 1 aliphatic heterocycles. The van der Waals surface area contributed by atoms with Gasteiger partial charge < -0.3 is 15.4 Å². The molecule has 5 nitrogen and oxygen atoms in total. The topological polar surface area (TPSA) is 72.6 Å². The Morgan fingerprint density at radius 3 is 2.72 bits per heavy atom. The molecule has 0 saturated carbocycles. The Morgan fingerprint density at radius 1 is 1.50 bits per heavy atom. The smallest absolute Gasteiger partial charge is 0.337 e. The van der Waals surface area contributed by atoms with Gasteiger partial charge in [0.25, 0.3) is 0 Å². The molecular weight excluding hydrogens is 232 g/mol. The maximum Gasteiger partial charge on any atom is 0.337 e. The molecule has 1 saturated heterocycles. The number of aryl methyl sites for hydroxylation is 1. The van der Waals surface area contributed by atoms with Crippen LogP contribution in [0.5, 0.6) is 0 Å². The quantitative estimate of drug-likeness (QED) is 0.787. The van der Waals surface area contributed by atoms with Crippen LogP contribution in [0.3, 0.4) is 0 Å². The van der Waals surface area contributed by atoms with E-state index in [-0.39, 0.29) is 17.9 Å². The predicted octanol–water partition coefficient (Wildman–Crippen LogP) is 0.846. The number of carbonyl (C=O) groups is 2. The summed E-state index contributed by atoms with van der Waals surface area (Å²) in [5, 5.41) is 0. The number of hydrogen-bond donors (Lipinski definition) is 1. The maximum absolute atomic E-state index is 11.8. The van der Waals surface area contributed by atoms with E-state index in [9.17, 15) is 9.59 Å². The SMILES string of the molecule is COC(=O)c1ccc(N2CC(N)CC2=O)c(C)c1. The van der Waals surface area contributed by atoms with E-state index in [2.05, 4.69) is 4.74 Å². The van der Waals surface area contributed by atoms with Crippen LogP contribution in [-0.4, -0.2) is 31.6 Å². The highest BCUT2D eigenvalue weighted by molar-refractivity contribution is 5.98. The van der Waals surface area contributed by atoms with Gasteiger partial charge in [0.15, 0.2) is 0 Å². The van der Waals surface area contributed by atoms with Gasteiger partial charge in [-0.1, -0.05) is 0 Å². The Morgan fingerprint density at radius 2 is 2.22 bits per heavy atom. The average molecular weight is 248 g/mol. The number of benzene rings is 1. The Hall–Kier alpha value is -1.88. The third-order valence-corrected chi connectivity index (χ3v) is 3.06. The fourth-order valence-corrected chi connectivity index (χ4v) is 2.17. The molecule has 1 amide bonds. The summed E-state index contributed by atoms with van der Waals surface area (Å²) >= 11 is 0. The first-order valence-electron chi connectivity index (χ1n) is 5.78. The van der Waals surface area contributed by atoms with Crippen molar-refractivity contribution in [1.82, 2.24) is 0 Å². The van der Waals surface area contributed by atoms with Crippen molar-refractivity contribution in [1.29, 1.82) is 0 Å². The molecule has 1 heterocycles. The van der Waals surface area contributed by atoms with E-state index in [0.29, 0.717) is 18.5 Å². The monoisotopic (exact) mass is 248 g/mol. The van der Waals surface area contributed by atoms with Gasteiger partial charge in [0.1, 0.15) is 0 Å². The van der Waals surface area contributed by atoms with Crippen molar-refractivity contribution in [2.75, 3.05) is 18.6 Å². The summed E-state index contributed by atoms with van der Waals surface area (Å²) in [6.45, 7) is 2.39. The fourth-order valence-electron chi connectivity index (χ4n) is 2.17. The summed E-state index contributed by atoms with van der Waals surface area (Å²) < 4.78 is 4.66. The molecule has 5 heteroatoms. The number of methoxy groups -OCH3 is 1. The number of carbonyl (C=O) groups excluding carboxylic acids is 2. The molecule has 1 aromatic carbocycles. The molecule has 0 spiro atoms. The van der Waals surface area contributed by atoms with Crippen LogP contribution in [-0.2, 0) is 9.53 Å². The minimum Gasteiger partial charge on any atom is -0.465 e. The van der Waals surface area contributed by atoms with Gasteiger partial charge in [0.2, 0.25) is 5.91 Å². The van der Waals surface area contributed by atoms with Crippen molar-refractivity contribution in [3.8, 4) is 0 Å². The Balaban J connectivity index is 2.30. The third-order valence-electron chi connectivity index (χ3n) is 3.06. The lowest BCUT2D eigenvalue weighted by Gasteiger charge is -2.19. The first-order valence-corrected chi connectivity index (χ1v) is 5.78. The third kappa shape index (κ3) is 2.22. The summed E-state index contributed by atoms with van der Waals surface area (Å²) in [7, 11) is 1.34. The average Bonchev–Trinajstić information content (AvgIpc) is 2.67. The number of nitrogens with zero attached hydrogens (tertiary/aromatic N) is 1. The first kappa shape index (κ1) is 12.6. The summed E-state index contributed by atoms with van der Waals surface area (Å²) in [5.74, 6) is -0.356. The molecule has 1 fully saturated rings. The zero-order valence-corrected chi connectivity index (χ0v) is 10.5. The number of hydrogen-bond acceptors (Lipinski definition) is 4. The summed E-state index contributed by atoms with van der Waals surface area (Å²) in [6.07, 6.45) is 0.373. The van der Waals surface area contributed by atoms with Gasteiger partial charge in [-0.15, -0.1) is 0 Å². The molecule has 1 unspecified atom stereocenters. The van der Waals surface area contributed by atoms with Crippen LogP contribution in [0.1, 0.15) is 22.3 Å².